The van der Waals surface area contributed by atoms with Crippen LogP contribution in [0.5, 0.6) is 0 Å². The van der Waals surface area contributed by atoms with E-state index in [1.807, 2.05) is 0 Å². The number of allylic oxidation sites excluding steroid dienone is 4. The highest BCUT2D eigenvalue weighted by Crippen LogP contribution is 2.55. The fourth-order valence-electron chi connectivity index (χ4n) is 3.92. The Balaban J connectivity index is 1.91. The second-order valence-corrected chi connectivity index (χ2v) is 10.9. The molecule has 1 heteroatoms. The van der Waals surface area contributed by atoms with Gasteiger partial charge < -0.3 is 0 Å². The van der Waals surface area contributed by atoms with Crippen LogP contribution in [0.15, 0.2) is 115 Å². The van der Waals surface area contributed by atoms with Crippen molar-refractivity contribution in [2.75, 3.05) is 6.16 Å². The molecule has 0 fully saturated rings. The van der Waals surface area contributed by atoms with Crippen LogP contribution in [0, 0.1) is 0 Å². The number of unbranched alkanes of at least 4 members (excludes halogenated alkanes) is 2. The third-order valence-corrected chi connectivity index (χ3v) is 9.88. The third kappa shape index (κ3) is 5.55. The first-order chi connectivity index (χ1) is 14.4. The van der Waals surface area contributed by atoms with Gasteiger partial charge in [0.15, 0.2) is 0 Å². The van der Waals surface area contributed by atoms with Gasteiger partial charge in [-0.15, -0.1) is 0 Å². The van der Waals surface area contributed by atoms with E-state index in [0.29, 0.717) is 0 Å². The Morgan fingerprint density at radius 1 is 0.552 bits per heavy atom. The van der Waals surface area contributed by atoms with Crippen LogP contribution in [-0.4, -0.2) is 6.16 Å². The first-order valence-electron chi connectivity index (χ1n) is 10.7. The average Bonchev–Trinajstić information content (AvgIpc) is 2.80. The molecule has 0 aromatic heterocycles. The van der Waals surface area contributed by atoms with Gasteiger partial charge in [-0.1, -0.05) is 78.9 Å². The van der Waals surface area contributed by atoms with Crippen molar-refractivity contribution in [2.24, 2.45) is 0 Å². The Hall–Kier alpha value is -2.43. The first-order valence-corrected chi connectivity index (χ1v) is 12.7. The highest BCUT2D eigenvalue weighted by Gasteiger charge is 2.44. The molecule has 0 saturated carbocycles. The van der Waals surface area contributed by atoms with Gasteiger partial charge in [0.05, 0.1) is 6.16 Å². The molecule has 0 spiro atoms. The highest BCUT2D eigenvalue weighted by atomic mass is 31.2. The molecule has 3 aromatic rings. The zero-order valence-electron chi connectivity index (χ0n) is 17.5. The number of benzene rings is 3. The van der Waals surface area contributed by atoms with E-state index >= 15 is 0 Å². The molecule has 0 aliphatic carbocycles. The van der Waals surface area contributed by atoms with Crippen LogP contribution in [0.25, 0.3) is 0 Å². The van der Waals surface area contributed by atoms with E-state index in [-0.39, 0.29) is 0 Å². The lowest BCUT2D eigenvalue weighted by molar-refractivity contribution is 0.948. The van der Waals surface area contributed by atoms with Crippen molar-refractivity contribution < 1.29 is 0 Å². The molecule has 0 aliphatic rings. The minimum atomic E-state index is -1.66. The molecule has 0 amide bonds. The summed E-state index contributed by atoms with van der Waals surface area (Å²) in [5.74, 6) is 0. The maximum absolute atomic E-state index is 2.37. The lowest BCUT2D eigenvalue weighted by Crippen LogP contribution is -2.33. The summed E-state index contributed by atoms with van der Waals surface area (Å²) in [6.07, 6.45) is 14.9. The van der Waals surface area contributed by atoms with Crippen molar-refractivity contribution >= 4 is 23.2 Å². The van der Waals surface area contributed by atoms with Crippen molar-refractivity contribution in [1.29, 1.82) is 0 Å². The summed E-state index contributed by atoms with van der Waals surface area (Å²) in [5.41, 5.74) is 0. The van der Waals surface area contributed by atoms with Crippen LogP contribution in [0.1, 0.15) is 32.6 Å². The summed E-state index contributed by atoms with van der Waals surface area (Å²) < 4.78 is 0. The lowest BCUT2D eigenvalue weighted by atomic mass is 10.2. The van der Waals surface area contributed by atoms with Crippen LogP contribution >= 0.6 is 7.26 Å². The van der Waals surface area contributed by atoms with Gasteiger partial charge in [-0.2, -0.15) is 0 Å². The summed E-state index contributed by atoms with van der Waals surface area (Å²) in [7, 11) is -1.66. The van der Waals surface area contributed by atoms with Gasteiger partial charge in [0, 0.05) is 0 Å². The van der Waals surface area contributed by atoms with E-state index in [0.717, 1.165) is 19.3 Å². The monoisotopic (exact) mass is 399 g/mol. The molecule has 0 saturated heterocycles. The predicted octanol–water partition coefficient (Wildman–Crippen LogP) is 6.67. The van der Waals surface area contributed by atoms with Crippen LogP contribution in [-0.2, 0) is 0 Å². The Morgan fingerprint density at radius 2 is 0.966 bits per heavy atom. The topological polar surface area (TPSA) is 0 Å². The largest absolute Gasteiger partial charge is 0.112 e. The van der Waals surface area contributed by atoms with E-state index < -0.39 is 7.26 Å². The molecule has 29 heavy (non-hydrogen) atoms. The maximum atomic E-state index is 2.37. The first kappa shape index (κ1) is 21.3. The summed E-state index contributed by atoms with van der Waals surface area (Å²) in [4.78, 5) is 0. The smallest absolute Gasteiger partial charge is 0.0917 e. The van der Waals surface area contributed by atoms with Crippen LogP contribution in [0.3, 0.4) is 0 Å². The Kier molecular flexibility index (Phi) is 8.47. The quantitative estimate of drug-likeness (QED) is 0.203. The van der Waals surface area contributed by atoms with Gasteiger partial charge in [0.2, 0.25) is 0 Å². The molecule has 0 heterocycles. The fraction of sp³-hybridized carbons (Fsp3) is 0.214. The molecule has 3 rings (SSSR count). The van der Waals surface area contributed by atoms with Gasteiger partial charge in [0.1, 0.15) is 23.2 Å². The summed E-state index contributed by atoms with van der Waals surface area (Å²) in [6, 6.07) is 33.5. The molecule has 0 N–H and O–H groups in total. The minimum Gasteiger partial charge on any atom is -0.0917 e. The molecular weight excluding hydrogens is 367 g/mol. The second-order valence-electron chi connectivity index (χ2n) is 7.30. The van der Waals surface area contributed by atoms with Crippen molar-refractivity contribution in [2.45, 2.75) is 32.6 Å². The molecule has 0 bridgehead atoms. The molecule has 0 unspecified atom stereocenters. The Labute approximate surface area is 177 Å². The van der Waals surface area contributed by atoms with E-state index in [1.54, 1.807) is 0 Å². The van der Waals surface area contributed by atoms with Gasteiger partial charge in [0.25, 0.3) is 0 Å². The van der Waals surface area contributed by atoms with Crippen LogP contribution in [0.4, 0.5) is 0 Å². The molecule has 148 valence electrons. The van der Waals surface area contributed by atoms with Gasteiger partial charge in [-0.25, -0.2) is 0 Å². The molecule has 0 aliphatic heterocycles. The Bertz CT molecular complexity index is 783. The van der Waals surface area contributed by atoms with Crippen molar-refractivity contribution in [3.05, 3.63) is 115 Å². The van der Waals surface area contributed by atoms with Gasteiger partial charge in [-0.3, -0.25) is 0 Å². The van der Waals surface area contributed by atoms with E-state index in [9.17, 15) is 0 Å². The molecule has 0 atom stereocenters. The van der Waals surface area contributed by atoms with Crippen LogP contribution < -0.4 is 15.9 Å². The summed E-state index contributed by atoms with van der Waals surface area (Å²) in [6.45, 7) is 2.09. The number of rotatable bonds is 10. The zero-order chi connectivity index (χ0) is 20.2. The van der Waals surface area contributed by atoms with Gasteiger partial charge in [-0.05, 0) is 69.0 Å². The van der Waals surface area contributed by atoms with Gasteiger partial charge >= 0.3 is 0 Å². The minimum absolute atomic E-state index is 1.14. The summed E-state index contributed by atoms with van der Waals surface area (Å²) >= 11 is 0. The second kappa shape index (κ2) is 11.5. The predicted molar refractivity (Wildman–Crippen MR) is 132 cm³/mol. The normalized spacial score (nSPS) is 12.0. The van der Waals surface area contributed by atoms with E-state index in [2.05, 4.69) is 122 Å². The Morgan fingerprint density at radius 3 is 1.41 bits per heavy atom. The SMILES string of the molecule is C/C=C\CC/C=C\CCC[P+](c1ccccc1)(c1ccccc1)c1ccccc1. The van der Waals surface area contributed by atoms with Crippen molar-refractivity contribution in [3.8, 4) is 0 Å². The van der Waals surface area contributed by atoms with E-state index in [4.69, 9.17) is 0 Å². The van der Waals surface area contributed by atoms with Crippen LogP contribution in [0.2, 0.25) is 0 Å². The number of hydrogen-bond donors (Lipinski definition) is 0. The third-order valence-electron chi connectivity index (χ3n) is 5.36. The van der Waals surface area contributed by atoms with Crippen molar-refractivity contribution in [3.63, 3.8) is 0 Å². The standard InChI is InChI=1S/C28H32P/c1-2-3-4-5-6-7-8-18-25-29(26-19-12-9-13-20-26,27-21-14-10-15-22-27)28-23-16-11-17-24-28/h2-3,6-7,9-17,19-24H,4-5,8,18,25H2,1H3/q+1/b3-2-,7-6-. The highest BCUT2D eigenvalue weighted by molar-refractivity contribution is 7.95. The molecule has 0 radical (unpaired) electrons. The maximum Gasteiger partial charge on any atom is 0.112 e. The molecule has 3 aromatic carbocycles. The lowest BCUT2D eigenvalue weighted by Gasteiger charge is -2.27. The molecule has 0 nitrogen and oxygen atoms in total. The van der Waals surface area contributed by atoms with E-state index in [1.165, 1.54) is 28.5 Å². The average molecular weight is 400 g/mol. The van der Waals surface area contributed by atoms with Crippen molar-refractivity contribution in [1.82, 2.24) is 0 Å². The summed E-state index contributed by atoms with van der Waals surface area (Å²) in [5, 5.41) is 4.44. The molecular formula is C28H32P+. The fourth-order valence-corrected chi connectivity index (χ4v) is 8.29. The number of hydrogen-bond acceptors (Lipinski definition) is 0. The zero-order valence-corrected chi connectivity index (χ0v) is 18.3.